The average molecular weight is 536 g/mol. The molecule has 1 amide bonds. The number of amides is 1. The van der Waals surface area contributed by atoms with Gasteiger partial charge in [0.2, 0.25) is 5.91 Å². The number of fused-ring (bicyclic) bond motifs is 1. The Morgan fingerprint density at radius 2 is 2.00 bits per heavy atom. The van der Waals surface area contributed by atoms with Gasteiger partial charge in [0.05, 0.1) is 16.1 Å². The molecule has 0 spiro atoms. The number of aromatic amines is 1. The molecule has 0 bridgehead atoms. The highest BCUT2D eigenvalue weighted by Crippen LogP contribution is 2.35. The fraction of sp³-hybridized carbons (Fsp3) is 0.296. The normalized spacial score (nSPS) is 15.9. The van der Waals surface area contributed by atoms with Gasteiger partial charge in [0.15, 0.2) is 11.5 Å². The number of H-pyrrole nitrogens is 1. The molecule has 196 valence electrons. The Bertz CT molecular complexity index is 1610. The van der Waals surface area contributed by atoms with Crippen LogP contribution in [-0.2, 0) is 4.79 Å². The van der Waals surface area contributed by atoms with E-state index in [2.05, 4.69) is 21.8 Å². The molecule has 11 heteroatoms. The molecule has 1 aliphatic heterocycles. The Balaban J connectivity index is 1.76. The number of benzene rings is 1. The van der Waals surface area contributed by atoms with Crippen molar-refractivity contribution >= 4 is 34.4 Å². The van der Waals surface area contributed by atoms with Crippen LogP contribution >= 0.6 is 11.6 Å². The predicted molar refractivity (Wildman–Crippen MR) is 145 cm³/mol. The molecular formula is C27H27ClFN7O2. The van der Waals surface area contributed by atoms with Crippen molar-refractivity contribution in [2.24, 2.45) is 0 Å². The van der Waals surface area contributed by atoms with Crippen molar-refractivity contribution in [1.29, 1.82) is 0 Å². The number of carbonyl (C=O) groups excluding carboxylic acids is 1. The Morgan fingerprint density at radius 3 is 2.68 bits per heavy atom. The van der Waals surface area contributed by atoms with Gasteiger partial charge in [0.1, 0.15) is 11.6 Å². The summed E-state index contributed by atoms with van der Waals surface area (Å²) in [4.78, 5) is 38.7. The summed E-state index contributed by atoms with van der Waals surface area (Å²) >= 11 is 6.69. The van der Waals surface area contributed by atoms with E-state index in [0.29, 0.717) is 36.7 Å². The summed E-state index contributed by atoms with van der Waals surface area (Å²) in [5, 5.41) is 7.91. The molecule has 4 aromatic rings. The SMILES string of the molecule is C=CC(=O)N1CCN(c2nc(=O)n(-c3n[nH]cc3C(C)C)c3nc(-c4ccccc4F)c(Cl)cc23)C(C)C1. The fourth-order valence-corrected chi connectivity index (χ4v) is 5.11. The second-order valence-electron chi connectivity index (χ2n) is 9.57. The number of pyridine rings is 1. The van der Waals surface area contributed by atoms with Gasteiger partial charge in [-0.1, -0.05) is 44.2 Å². The van der Waals surface area contributed by atoms with Crippen LogP contribution in [0.1, 0.15) is 32.3 Å². The van der Waals surface area contributed by atoms with Crippen molar-refractivity contribution in [2.75, 3.05) is 24.5 Å². The molecule has 1 fully saturated rings. The maximum atomic E-state index is 14.8. The highest BCUT2D eigenvalue weighted by molar-refractivity contribution is 6.33. The smallest absolute Gasteiger partial charge is 0.350 e. The molecule has 3 aromatic heterocycles. The zero-order chi connectivity index (χ0) is 27.1. The topological polar surface area (TPSA) is 100 Å². The zero-order valence-electron chi connectivity index (χ0n) is 21.3. The Hall–Kier alpha value is -4.05. The van der Waals surface area contributed by atoms with E-state index in [1.807, 2.05) is 25.7 Å². The summed E-state index contributed by atoms with van der Waals surface area (Å²) in [5.74, 6) is 0.194. The quantitative estimate of drug-likeness (QED) is 0.382. The highest BCUT2D eigenvalue weighted by Gasteiger charge is 2.30. The largest absolute Gasteiger partial charge is 0.357 e. The van der Waals surface area contributed by atoms with Gasteiger partial charge in [-0.2, -0.15) is 10.1 Å². The lowest BCUT2D eigenvalue weighted by atomic mass is 10.1. The van der Waals surface area contributed by atoms with Crippen molar-refractivity contribution in [3.8, 4) is 17.1 Å². The third-order valence-corrected chi connectivity index (χ3v) is 7.09. The first-order valence-electron chi connectivity index (χ1n) is 12.3. The van der Waals surface area contributed by atoms with Gasteiger partial charge in [-0.15, -0.1) is 0 Å². The number of nitrogens with one attached hydrogen (secondary N) is 1. The van der Waals surface area contributed by atoms with Crippen LogP contribution in [0.4, 0.5) is 10.2 Å². The third kappa shape index (κ3) is 4.34. The van der Waals surface area contributed by atoms with Gasteiger partial charge in [0.25, 0.3) is 0 Å². The monoisotopic (exact) mass is 535 g/mol. The standard InChI is InChI=1S/C27H27ClFN7O2/c1-5-22(37)34-10-11-35(16(4)14-34)24-18-12-20(28)23(17-8-6-7-9-21(17)29)31-25(18)36(27(38)32-24)26-19(15(2)3)13-30-33-26/h5-9,12-13,15-16H,1,10-11,14H2,2-4H3,(H,30,33). The van der Waals surface area contributed by atoms with Crippen molar-refractivity contribution < 1.29 is 9.18 Å². The van der Waals surface area contributed by atoms with Crippen molar-refractivity contribution in [2.45, 2.75) is 32.7 Å². The Morgan fingerprint density at radius 1 is 1.24 bits per heavy atom. The number of piperazine rings is 1. The van der Waals surface area contributed by atoms with E-state index in [-0.39, 0.29) is 39.8 Å². The van der Waals surface area contributed by atoms with Gasteiger partial charge in [-0.25, -0.2) is 18.7 Å². The molecule has 4 heterocycles. The Kier molecular flexibility index (Phi) is 6.75. The van der Waals surface area contributed by atoms with Gasteiger partial charge >= 0.3 is 5.69 Å². The molecule has 1 unspecified atom stereocenters. The van der Waals surface area contributed by atoms with E-state index < -0.39 is 11.5 Å². The summed E-state index contributed by atoms with van der Waals surface area (Å²) in [5.41, 5.74) is 0.907. The molecule has 1 aromatic carbocycles. The van der Waals surface area contributed by atoms with Crippen LogP contribution < -0.4 is 10.6 Å². The number of nitrogens with zero attached hydrogens (tertiary/aromatic N) is 6. The molecule has 0 saturated carbocycles. The van der Waals surface area contributed by atoms with Crippen LogP contribution in [0.15, 0.2) is 54.0 Å². The molecule has 38 heavy (non-hydrogen) atoms. The molecule has 0 aliphatic carbocycles. The van der Waals surface area contributed by atoms with Gasteiger partial charge < -0.3 is 9.80 Å². The molecule has 9 nitrogen and oxygen atoms in total. The first kappa shape index (κ1) is 25.6. The molecular weight excluding hydrogens is 509 g/mol. The molecule has 0 radical (unpaired) electrons. The molecule has 1 atom stereocenters. The number of hydrogen-bond acceptors (Lipinski definition) is 6. The van der Waals surface area contributed by atoms with Crippen molar-refractivity contribution in [3.05, 3.63) is 76.1 Å². The molecule has 1 N–H and O–H groups in total. The average Bonchev–Trinajstić information content (AvgIpc) is 3.38. The minimum Gasteiger partial charge on any atom is -0.350 e. The number of rotatable bonds is 5. The number of halogens is 2. The van der Waals surface area contributed by atoms with Crippen LogP contribution in [0.25, 0.3) is 28.1 Å². The Labute approximate surface area is 223 Å². The van der Waals surface area contributed by atoms with E-state index in [4.69, 9.17) is 16.6 Å². The lowest BCUT2D eigenvalue weighted by Crippen LogP contribution is -2.54. The number of anilines is 1. The summed E-state index contributed by atoms with van der Waals surface area (Å²) in [7, 11) is 0. The van der Waals surface area contributed by atoms with Gasteiger partial charge in [-0.05, 0) is 37.1 Å². The zero-order valence-corrected chi connectivity index (χ0v) is 22.0. The third-order valence-electron chi connectivity index (χ3n) is 6.80. The predicted octanol–water partition coefficient (Wildman–Crippen LogP) is 4.31. The van der Waals surface area contributed by atoms with Crippen LogP contribution in [0.3, 0.4) is 0 Å². The van der Waals surface area contributed by atoms with E-state index in [1.54, 1.807) is 35.4 Å². The van der Waals surface area contributed by atoms with Crippen molar-refractivity contribution in [1.82, 2.24) is 29.6 Å². The summed E-state index contributed by atoms with van der Waals surface area (Å²) < 4.78 is 16.1. The van der Waals surface area contributed by atoms with E-state index in [0.717, 1.165) is 5.56 Å². The van der Waals surface area contributed by atoms with Crippen LogP contribution in [0, 0.1) is 5.82 Å². The first-order valence-corrected chi connectivity index (χ1v) is 12.7. The van der Waals surface area contributed by atoms with Crippen LogP contribution in [-0.4, -0.2) is 61.2 Å². The van der Waals surface area contributed by atoms with E-state index >= 15 is 0 Å². The van der Waals surface area contributed by atoms with Crippen LogP contribution in [0.2, 0.25) is 5.02 Å². The molecule has 1 saturated heterocycles. The maximum absolute atomic E-state index is 14.8. The van der Waals surface area contributed by atoms with Gasteiger partial charge in [-0.3, -0.25) is 9.89 Å². The second kappa shape index (κ2) is 10.0. The van der Waals surface area contributed by atoms with Crippen molar-refractivity contribution in [3.63, 3.8) is 0 Å². The number of hydrogen-bond donors (Lipinski definition) is 1. The van der Waals surface area contributed by atoms with Gasteiger partial charge in [0, 0.05) is 43.0 Å². The summed E-state index contributed by atoms with van der Waals surface area (Å²) in [6.45, 7) is 10.8. The molecule has 1 aliphatic rings. The maximum Gasteiger partial charge on any atom is 0.357 e. The minimum atomic E-state index is -0.576. The van der Waals surface area contributed by atoms with E-state index in [1.165, 1.54) is 16.7 Å². The summed E-state index contributed by atoms with van der Waals surface area (Å²) in [6, 6.07) is 7.72. The van der Waals surface area contributed by atoms with Crippen LogP contribution in [0.5, 0.6) is 0 Å². The fourth-order valence-electron chi connectivity index (χ4n) is 4.86. The highest BCUT2D eigenvalue weighted by atomic mass is 35.5. The lowest BCUT2D eigenvalue weighted by Gasteiger charge is -2.40. The number of aromatic nitrogens is 5. The second-order valence-corrected chi connectivity index (χ2v) is 9.98. The lowest BCUT2D eigenvalue weighted by molar-refractivity contribution is -0.126. The molecule has 5 rings (SSSR count). The summed E-state index contributed by atoms with van der Waals surface area (Å²) in [6.07, 6.45) is 3.03. The number of carbonyl (C=O) groups is 1. The van der Waals surface area contributed by atoms with E-state index in [9.17, 15) is 14.0 Å². The first-order chi connectivity index (χ1) is 18.2. The minimum absolute atomic E-state index is 0.0548.